The van der Waals surface area contributed by atoms with Gasteiger partial charge >= 0.3 is 0 Å². The minimum absolute atomic E-state index is 0.0358. The fourth-order valence-electron chi connectivity index (χ4n) is 2.98. The quantitative estimate of drug-likeness (QED) is 0.495. The number of hydrogen-bond donors (Lipinski definition) is 2. The molecule has 0 aliphatic carbocycles. The van der Waals surface area contributed by atoms with Gasteiger partial charge in [0.2, 0.25) is 0 Å². The first-order valence-corrected chi connectivity index (χ1v) is 11.7. The van der Waals surface area contributed by atoms with E-state index in [0.717, 1.165) is 36.5 Å². The number of aromatic hydroxyl groups is 1. The molecule has 2 rings (SSSR count). The summed E-state index contributed by atoms with van der Waals surface area (Å²) in [6.45, 7) is 17.6. The average molecular weight is 441 g/mol. The highest BCUT2D eigenvalue weighted by Gasteiger charge is 2.17. The fraction of sp³-hybridized carbons (Fsp3) is 0.536. The predicted octanol–water partition coefficient (Wildman–Crippen LogP) is 6.81. The highest BCUT2D eigenvalue weighted by Crippen LogP contribution is 2.25. The summed E-state index contributed by atoms with van der Waals surface area (Å²) in [6, 6.07) is 16.9. The summed E-state index contributed by atoms with van der Waals surface area (Å²) >= 11 is 0. The summed E-state index contributed by atoms with van der Waals surface area (Å²) in [7, 11) is 0. The minimum atomic E-state index is -0.0358. The molecule has 2 unspecified atom stereocenters. The Balaban J connectivity index is 0.000000680. The number of phenolic OH excluding ortho intramolecular Hbond substituents is 1. The molecule has 2 atom stereocenters. The number of hydrogen-bond acceptors (Lipinski definition) is 4. The molecule has 2 aromatic rings. The van der Waals surface area contributed by atoms with Crippen molar-refractivity contribution in [3.8, 4) is 11.8 Å². The van der Waals surface area contributed by atoms with E-state index in [0.29, 0.717) is 5.56 Å². The second-order valence-electron chi connectivity index (χ2n) is 9.22. The van der Waals surface area contributed by atoms with Crippen LogP contribution in [-0.4, -0.2) is 23.4 Å². The van der Waals surface area contributed by atoms with Crippen molar-refractivity contribution in [1.29, 1.82) is 5.26 Å². The van der Waals surface area contributed by atoms with Crippen molar-refractivity contribution >= 4 is 0 Å². The molecule has 32 heavy (non-hydrogen) atoms. The third-order valence-electron chi connectivity index (χ3n) is 4.68. The molecule has 0 bridgehead atoms. The Morgan fingerprint density at radius 2 is 1.66 bits per heavy atom. The lowest BCUT2D eigenvalue weighted by atomic mass is 9.86. The first-order chi connectivity index (χ1) is 15.0. The number of ether oxygens (including phenoxy) is 1. The van der Waals surface area contributed by atoms with E-state index >= 15 is 0 Å². The minimum Gasteiger partial charge on any atom is -0.508 e. The smallest absolute Gasteiger partial charge is 0.115 e. The standard InChI is InChI=1S/C17H18N2O.C9H20O.C2H6/c1-12(19)17(10-13-4-3-7-16(20)9-13)15-6-2-5-14(8-15)11-18;1-8(2)6-7-10-9(3,4)5;1-2/h2-9,12,17,20H,10,19H2,1H3;8H,6-7H2,1-5H3;1-2H3. The normalized spacial score (nSPS) is 12.5. The van der Waals surface area contributed by atoms with Crippen LogP contribution in [0, 0.1) is 17.2 Å². The molecule has 0 aliphatic rings. The van der Waals surface area contributed by atoms with Crippen LogP contribution in [0.1, 0.15) is 84.4 Å². The number of benzene rings is 2. The maximum Gasteiger partial charge on any atom is 0.115 e. The van der Waals surface area contributed by atoms with Gasteiger partial charge in [0.1, 0.15) is 5.75 Å². The SMILES string of the molecule is CC.CC(C)CCOC(C)(C)C.CC(N)C(Cc1cccc(O)c1)c1cccc(C#N)c1. The molecule has 4 heteroatoms. The van der Waals surface area contributed by atoms with Crippen molar-refractivity contribution in [3.63, 3.8) is 0 Å². The summed E-state index contributed by atoms with van der Waals surface area (Å²) in [5.41, 5.74) is 8.87. The molecule has 0 saturated heterocycles. The number of nitrogens with zero attached hydrogens (tertiary/aromatic N) is 1. The summed E-state index contributed by atoms with van der Waals surface area (Å²) in [5.74, 6) is 1.13. The van der Waals surface area contributed by atoms with Gasteiger partial charge in [0.05, 0.1) is 17.2 Å². The predicted molar refractivity (Wildman–Crippen MR) is 136 cm³/mol. The molecule has 2 aromatic carbocycles. The molecular formula is C28H44N2O2. The molecule has 178 valence electrons. The Hall–Kier alpha value is -2.35. The van der Waals surface area contributed by atoms with Crippen LogP contribution in [0.25, 0.3) is 0 Å². The van der Waals surface area contributed by atoms with Crippen molar-refractivity contribution in [3.05, 3.63) is 65.2 Å². The van der Waals surface area contributed by atoms with Crippen molar-refractivity contribution in [1.82, 2.24) is 0 Å². The molecule has 0 aromatic heterocycles. The highest BCUT2D eigenvalue weighted by molar-refractivity contribution is 5.36. The van der Waals surface area contributed by atoms with Gasteiger partial charge in [0.15, 0.2) is 0 Å². The van der Waals surface area contributed by atoms with Crippen molar-refractivity contribution in [2.24, 2.45) is 11.7 Å². The van der Waals surface area contributed by atoms with Gasteiger partial charge in [-0.3, -0.25) is 0 Å². The number of nitrogens with two attached hydrogens (primary N) is 1. The summed E-state index contributed by atoms with van der Waals surface area (Å²) in [6.07, 6.45) is 1.90. The van der Waals surface area contributed by atoms with Gasteiger partial charge in [-0.15, -0.1) is 0 Å². The van der Waals surface area contributed by atoms with E-state index in [4.69, 9.17) is 15.7 Å². The molecule has 0 radical (unpaired) electrons. The lowest BCUT2D eigenvalue weighted by Crippen LogP contribution is -2.26. The van der Waals surface area contributed by atoms with Crippen LogP contribution in [-0.2, 0) is 11.2 Å². The largest absolute Gasteiger partial charge is 0.508 e. The molecule has 3 N–H and O–H groups in total. The van der Waals surface area contributed by atoms with E-state index in [9.17, 15) is 5.11 Å². The second kappa shape index (κ2) is 15.5. The number of phenols is 1. The third kappa shape index (κ3) is 13.1. The van der Waals surface area contributed by atoms with Gasteiger partial charge in [0, 0.05) is 18.6 Å². The number of rotatable bonds is 7. The Kier molecular flexibility index (Phi) is 14.3. The van der Waals surface area contributed by atoms with Gasteiger partial charge in [-0.1, -0.05) is 52.0 Å². The summed E-state index contributed by atoms with van der Waals surface area (Å²) in [5, 5.41) is 18.5. The maximum atomic E-state index is 9.54. The van der Waals surface area contributed by atoms with E-state index in [1.807, 2.05) is 51.1 Å². The first-order valence-electron chi connectivity index (χ1n) is 11.7. The van der Waals surface area contributed by atoms with Crippen LogP contribution in [0.4, 0.5) is 0 Å². The zero-order valence-corrected chi connectivity index (χ0v) is 21.4. The van der Waals surface area contributed by atoms with E-state index in [1.54, 1.807) is 18.2 Å². The van der Waals surface area contributed by atoms with Gasteiger partial charge < -0.3 is 15.6 Å². The molecule has 0 amide bonds. The second-order valence-corrected chi connectivity index (χ2v) is 9.22. The van der Waals surface area contributed by atoms with Crippen LogP contribution in [0.5, 0.6) is 5.75 Å². The van der Waals surface area contributed by atoms with Gasteiger partial charge in [-0.25, -0.2) is 0 Å². The Labute approximate surface area is 196 Å². The average Bonchev–Trinajstić information content (AvgIpc) is 2.72. The van der Waals surface area contributed by atoms with Crippen LogP contribution in [0.3, 0.4) is 0 Å². The van der Waals surface area contributed by atoms with Gasteiger partial charge in [0.25, 0.3) is 0 Å². The molecule has 0 spiro atoms. The summed E-state index contributed by atoms with van der Waals surface area (Å²) in [4.78, 5) is 0. The number of nitriles is 1. The van der Waals surface area contributed by atoms with Gasteiger partial charge in [-0.05, 0) is 81.8 Å². The third-order valence-corrected chi connectivity index (χ3v) is 4.68. The van der Waals surface area contributed by atoms with Crippen LogP contribution >= 0.6 is 0 Å². The van der Waals surface area contributed by atoms with E-state index in [1.165, 1.54) is 0 Å². The van der Waals surface area contributed by atoms with Crippen LogP contribution < -0.4 is 5.73 Å². The monoisotopic (exact) mass is 440 g/mol. The molecular weight excluding hydrogens is 396 g/mol. The van der Waals surface area contributed by atoms with E-state index < -0.39 is 0 Å². The fourth-order valence-corrected chi connectivity index (χ4v) is 2.98. The first kappa shape index (κ1) is 29.7. The Morgan fingerprint density at radius 3 is 2.16 bits per heavy atom. The van der Waals surface area contributed by atoms with E-state index in [2.05, 4.69) is 40.7 Å². The van der Waals surface area contributed by atoms with Crippen LogP contribution in [0.15, 0.2) is 48.5 Å². The van der Waals surface area contributed by atoms with Crippen molar-refractivity contribution in [2.75, 3.05) is 6.61 Å². The molecule has 0 heterocycles. The zero-order valence-electron chi connectivity index (χ0n) is 21.4. The lowest BCUT2D eigenvalue weighted by molar-refractivity contribution is -0.00775. The summed E-state index contributed by atoms with van der Waals surface area (Å²) < 4.78 is 5.54. The molecule has 0 aliphatic heterocycles. The lowest BCUT2D eigenvalue weighted by Gasteiger charge is -2.21. The molecule has 4 nitrogen and oxygen atoms in total. The van der Waals surface area contributed by atoms with Crippen LogP contribution in [0.2, 0.25) is 0 Å². The molecule has 0 fully saturated rings. The van der Waals surface area contributed by atoms with E-state index in [-0.39, 0.29) is 23.3 Å². The maximum absolute atomic E-state index is 9.54. The van der Waals surface area contributed by atoms with Gasteiger partial charge in [-0.2, -0.15) is 5.26 Å². The highest BCUT2D eigenvalue weighted by atomic mass is 16.5. The zero-order chi connectivity index (χ0) is 24.7. The molecule has 0 saturated carbocycles. The topological polar surface area (TPSA) is 79.3 Å². The Bertz CT molecular complexity index is 802. The van der Waals surface area contributed by atoms with Crippen molar-refractivity contribution < 1.29 is 9.84 Å². The van der Waals surface area contributed by atoms with Crippen molar-refractivity contribution in [2.45, 2.75) is 85.8 Å². The Morgan fingerprint density at radius 1 is 1.03 bits per heavy atom.